The maximum Gasteiger partial charge on any atom is 0.263 e. The summed E-state index contributed by atoms with van der Waals surface area (Å²) in [5.74, 6) is -0.827. The Kier molecular flexibility index (Phi) is 5.07. The van der Waals surface area contributed by atoms with Crippen molar-refractivity contribution in [3.8, 4) is 0 Å². The van der Waals surface area contributed by atoms with E-state index in [-0.39, 0.29) is 12.5 Å². The number of amides is 3. The summed E-state index contributed by atoms with van der Waals surface area (Å²) in [5, 5.41) is 12.0. The molecule has 0 aliphatic carbocycles. The van der Waals surface area contributed by atoms with Gasteiger partial charge in [0.25, 0.3) is 11.8 Å². The topological polar surface area (TPSA) is 94.4 Å². The summed E-state index contributed by atoms with van der Waals surface area (Å²) in [7, 11) is 0. The number of hydrogen-bond acceptors (Lipinski definition) is 6. The number of nitrogens with zero attached hydrogens (tertiary/aromatic N) is 4. The van der Waals surface area contributed by atoms with Crippen LogP contribution in [0.1, 0.15) is 30.9 Å². The Bertz CT molecular complexity index is 1030. The van der Waals surface area contributed by atoms with Crippen molar-refractivity contribution in [1.82, 2.24) is 5.01 Å². The molecule has 1 fully saturated rings. The Hall–Kier alpha value is -3.55. The molecule has 154 valence electrons. The number of anilines is 2. The van der Waals surface area contributed by atoms with Crippen molar-refractivity contribution in [3.63, 3.8) is 0 Å². The van der Waals surface area contributed by atoms with Crippen molar-refractivity contribution in [2.24, 2.45) is 10.3 Å². The molecule has 0 saturated carbocycles. The highest BCUT2D eigenvalue weighted by atomic mass is 16.2. The van der Waals surface area contributed by atoms with Crippen LogP contribution in [0.15, 0.2) is 58.9 Å². The molecule has 1 saturated heterocycles. The third kappa shape index (κ3) is 3.45. The van der Waals surface area contributed by atoms with Crippen LogP contribution in [0.25, 0.3) is 0 Å². The van der Waals surface area contributed by atoms with E-state index in [2.05, 4.69) is 29.5 Å². The molecule has 2 aliphatic rings. The lowest BCUT2D eigenvalue weighted by Crippen LogP contribution is -2.43. The van der Waals surface area contributed by atoms with Gasteiger partial charge in [-0.3, -0.25) is 19.4 Å². The first kappa shape index (κ1) is 19.8. The van der Waals surface area contributed by atoms with Gasteiger partial charge in [-0.25, -0.2) is 4.90 Å². The lowest BCUT2D eigenvalue weighted by molar-refractivity contribution is -0.123. The largest absolute Gasteiger partial charge is 0.324 e. The molecule has 4 rings (SSSR count). The van der Waals surface area contributed by atoms with Crippen LogP contribution in [0, 0.1) is 6.92 Å². The maximum atomic E-state index is 13.0. The van der Waals surface area contributed by atoms with E-state index in [4.69, 9.17) is 0 Å². The first-order chi connectivity index (χ1) is 14.4. The van der Waals surface area contributed by atoms with Crippen molar-refractivity contribution in [2.75, 3.05) is 16.8 Å². The minimum atomic E-state index is -0.923. The zero-order valence-corrected chi connectivity index (χ0v) is 17.1. The van der Waals surface area contributed by atoms with E-state index in [0.29, 0.717) is 17.3 Å². The quantitative estimate of drug-likeness (QED) is 0.774. The number of fused-ring (bicyclic) bond motifs is 1. The molecule has 30 heavy (non-hydrogen) atoms. The lowest BCUT2D eigenvalue weighted by Gasteiger charge is -2.20. The molecule has 2 atom stereocenters. The van der Waals surface area contributed by atoms with Crippen molar-refractivity contribution in [2.45, 2.75) is 38.8 Å². The normalized spacial score (nSPS) is 20.3. The molecule has 3 amide bonds. The van der Waals surface area contributed by atoms with Crippen LogP contribution >= 0.6 is 0 Å². The number of benzene rings is 2. The van der Waals surface area contributed by atoms with Crippen molar-refractivity contribution < 1.29 is 14.4 Å². The third-order valence-electron chi connectivity index (χ3n) is 5.40. The van der Waals surface area contributed by atoms with E-state index in [1.807, 2.05) is 37.3 Å². The molecule has 2 heterocycles. The SMILES string of the molecule is Cc1ccccc1NC(=O)CN1N=N[C@H]2C(=O)N(c3ccc(C(C)C)cc3)C(=O)[C@H]21. The van der Waals surface area contributed by atoms with E-state index in [1.54, 1.807) is 18.2 Å². The van der Waals surface area contributed by atoms with Gasteiger partial charge in [-0.2, -0.15) is 5.11 Å². The zero-order chi connectivity index (χ0) is 21.4. The Morgan fingerprint density at radius 2 is 1.77 bits per heavy atom. The Labute approximate surface area is 174 Å². The monoisotopic (exact) mass is 405 g/mol. The molecule has 8 nitrogen and oxygen atoms in total. The summed E-state index contributed by atoms with van der Waals surface area (Å²) < 4.78 is 0. The molecule has 2 aliphatic heterocycles. The summed E-state index contributed by atoms with van der Waals surface area (Å²) >= 11 is 0. The molecule has 0 aromatic heterocycles. The highest BCUT2D eigenvalue weighted by molar-refractivity contribution is 6.25. The number of aryl methyl sites for hydroxylation is 1. The highest BCUT2D eigenvalue weighted by Crippen LogP contribution is 2.32. The third-order valence-corrected chi connectivity index (χ3v) is 5.40. The Balaban J connectivity index is 1.49. The molecule has 1 N–H and O–H groups in total. The molecule has 0 unspecified atom stereocenters. The molecular formula is C22H23N5O3. The smallest absolute Gasteiger partial charge is 0.263 e. The fourth-order valence-corrected chi connectivity index (χ4v) is 3.67. The highest BCUT2D eigenvalue weighted by Gasteiger charge is 2.55. The number of carbonyl (C=O) groups excluding carboxylic acids is 3. The van der Waals surface area contributed by atoms with E-state index < -0.39 is 23.9 Å². The number of rotatable bonds is 5. The fourth-order valence-electron chi connectivity index (χ4n) is 3.67. The first-order valence-electron chi connectivity index (χ1n) is 9.87. The molecule has 2 aromatic carbocycles. The Morgan fingerprint density at radius 3 is 2.43 bits per heavy atom. The molecule has 8 heteroatoms. The number of carbonyl (C=O) groups is 3. The van der Waals surface area contributed by atoms with Crippen LogP contribution in [0.3, 0.4) is 0 Å². The zero-order valence-electron chi connectivity index (χ0n) is 17.1. The standard InChI is InChI=1S/C22H23N5O3/c1-13(2)15-8-10-16(11-9-15)27-21(29)19-20(22(27)30)26(25-24-19)12-18(28)23-17-7-5-4-6-14(17)3/h4-11,13,19-20H,12H2,1-3H3,(H,23,28)/t19-,20+/m1/s1. The van der Waals surface area contributed by atoms with Gasteiger partial charge >= 0.3 is 0 Å². The molecule has 0 spiro atoms. The van der Waals surface area contributed by atoms with Gasteiger partial charge in [-0.05, 0) is 42.2 Å². The molecule has 0 bridgehead atoms. The summed E-state index contributed by atoms with van der Waals surface area (Å²) in [5.41, 5.74) is 3.24. The van der Waals surface area contributed by atoms with Gasteiger partial charge in [0.1, 0.15) is 6.54 Å². The second kappa shape index (κ2) is 7.70. The number of nitrogens with one attached hydrogen (secondary N) is 1. The van der Waals surface area contributed by atoms with Crippen LogP contribution in [0.5, 0.6) is 0 Å². The van der Waals surface area contributed by atoms with Crippen LogP contribution in [0.4, 0.5) is 11.4 Å². The molecular weight excluding hydrogens is 382 g/mol. The minimum absolute atomic E-state index is 0.169. The minimum Gasteiger partial charge on any atom is -0.324 e. The van der Waals surface area contributed by atoms with E-state index >= 15 is 0 Å². The summed E-state index contributed by atoms with van der Waals surface area (Å²) in [6.07, 6.45) is 0. The van der Waals surface area contributed by atoms with Crippen molar-refractivity contribution in [3.05, 3.63) is 59.7 Å². The van der Waals surface area contributed by atoms with Gasteiger partial charge in [0.15, 0.2) is 12.1 Å². The average molecular weight is 405 g/mol. The van der Waals surface area contributed by atoms with E-state index in [0.717, 1.165) is 16.0 Å². The Morgan fingerprint density at radius 1 is 1.07 bits per heavy atom. The summed E-state index contributed by atoms with van der Waals surface area (Å²) in [4.78, 5) is 39.5. The van der Waals surface area contributed by atoms with Crippen molar-refractivity contribution in [1.29, 1.82) is 0 Å². The predicted octanol–water partition coefficient (Wildman–Crippen LogP) is 3.05. The van der Waals surface area contributed by atoms with Crippen LogP contribution in [0.2, 0.25) is 0 Å². The second-order valence-electron chi connectivity index (χ2n) is 7.81. The van der Waals surface area contributed by atoms with Gasteiger partial charge in [0.05, 0.1) is 5.69 Å². The summed E-state index contributed by atoms with van der Waals surface area (Å²) in [6, 6.07) is 12.9. The lowest BCUT2D eigenvalue weighted by atomic mass is 10.0. The number of imide groups is 1. The van der Waals surface area contributed by atoms with Gasteiger partial charge in [-0.15, -0.1) is 0 Å². The van der Waals surface area contributed by atoms with Crippen LogP contribution in [-0.2, 0) is 14.4 Å². The molecule has 2 aromatic rings. The summed E-state index contributed by atoms with van der Waals surface area (Å²) in [6.45, 7) is 5.87. The number of hydrogen-bond donors (Lipinski definition) is 1. The van der Waals surface area contributed by atoms with Crippen molar-refractivity contribution >= 4 is 29.1 Å². The van der Waals surface area contributed by atoms with Gasteiger partial charge in [-0.1, -0.05) is 49.4 Å². The fraction of sp³-hybridized carbons (Fsp3) is 0.318. The number of para-hydroxylation sites is 1. The van der Waals surface area contributed by atoms with Gasteiger partial charge < -0.3 is 5.32 Å². The maximum absolute atomic E-state index is 13.0. The first-order valence-corrected chi connectivity index (χ1v) is 9.87. The van der Waals surface area contributed by atoms with Gasteiger partial charge in [0.2, 0.25) is 5.91 Å². The van der Waals surface area contributed by atoms with E-state index in [9.17, 15) is 14.4 Å². The van der Waals surface area contributed by atoms with Crippen LogP contribution < -0.4 is 10.2 Å². The average Bonchev–Trinajstić information content (AvgIpc) is 3.23. The predicted molar refractivity (Wildman–Crippen MR) is 112 cm³/mol. The van der Waals surface area contributed by atoms with Crippen LogP contribution in [-0.4, -0.2) is 41.4 Å². The van der Waals surface area contributed by atoms with Gasteiger partial charge in [0, 0.05) is 5.69 Å². The van der Waals surface area contributed by atoms with E-state index in [1.165, 1.54) is 5.01 Å². The second-order valence-corrected chi connectivity index (χ2v) is 7.81. The molecule has 0 radical (unpaired) electrons.